The lowest BCUT2D eigenvalue weighted by molar-refractivity contribution is 0.351. The van der Waals surface area contributed by atoms with Crippen molar-refractivity contribution in [1.29, 1.82) is 0 Å². The minimum absolute atomic E-state index is 0.858. The number of hydrogen-bond donors (Lipinski definition) is 1. The van der Waals surface area contributed by atoms with Gasteiger partial charge in [0.1, 0.15) is 0 Å². The highest BCUT2D eigenvalue weighted by molar-refractivity contribution is 5.26. The summed E-state index contributed by atoms with van der Waals surface area (Å²) in [5.41, 5.74) is 3.76. The third-order valence-electron chi connectivity index (χ3n) is 2.34. The van der Waals surface area contributed by atoms with Gasteiger partial charge in [-0.1, -0.05) is 6.07 Å². The Balaban J connectivity index is 2.24. The van der Waals surface area contributed by atoms with Gasteiger partial charge in [0.15, 0.2) is 0 Å². The Kier molecular flexibility index (Phi) is 2.29. The smallest absolute Gasteiger partial charge is 0.0592 e. The Labute approximate surface area is 78.8 Å². The summed E-state index contributed by atoms with van der Waals surface area (Å²) in [6.07, 6.45) is 0. The van der Waals surface area contributed by atoms with Gasteiger partial charge < -0.3 is 5.32 Å². The zero-order valence-corrected chi connectivity index (χ0v) is 8.17. The van der Waals surface area contributed by atoms with Crippen LogP contribution < -0.4 is 5.32 Å². The van der Waals surface area contributed by atoms with Gasteiger partial charge in [-0.25, -0.2) is 0 Å². The highest BCUT2D eigenvalue weighted by atomic mass is 15.1. The van der Waals surface area contributed by atoms with Gasteiger partial charge >= 0.3 is 0 Å². The lowest BCUT2D eigenvalue weighted by atomic mass is 10.2. The normalized spacial score (nSPS) is 16.2. The van der Waals surface area contributed by atoms with Gasteiger partial charge in [0.05, 0.1) is 11.4 Å². The molecule has 13 heavy (non-hydrogen) atoms. The molecule has 0 atom stereocenters. The van der Waals surface area contributed by atoms with Gasteiger partial charge in [-0.15, -0.1) is 0 Å². The van der Waals surface area contributed by atoms with E-state index in [1.807, 2.05) is 7.05 Å². The van der Waals surface area contributed by atoms with Crippen molar-refractivity contribution in [3.05, 3.63) is 29.1 Å². The number of aromatic nitrogens is 1. The fourth-order valence-corrected chi connectivity index (χ4v) is 1.74. The van der Waals surface area contributed by atoms with Crippen LogP contribution in [0.2, 0.25) is 0 Å². The lowest BCUT2D eigenvalue weighted by Gasteiger charge is -2.02. The van der Waals surface area contributed by atoms with Crippen LogP contribution in [-0.4, -0.2) is 24.0 Å². The zero-order valence-electron chi connectivity index (χ0n) is 8.17. The molecule has 0 unspecified atom stereocenters. The summed E-state index contributed by atoms with van der Waals surface area (Å²) < 4.78 is 0. The van der Waals surface area contributed by atoms with E-state index < -0.39 is 0 Å². The number of nitrogens with one attached hydrogen (secondary N) is 1. The molecule has 0 aliphatic carbocycles. The van der Waals surface area contributed by atoms with Crippen molar-refractivity contribution in [1.82, 2.24) is 15.2 Å². The molecule has 3 heteroatoms. The molecule has 0 radical (unpaired) electrons. The van der Waals surface area contributed by atoms with E-state index in [4.69, 9.17) is 0 Å². The number of nitrogens with zero attached hydrogens (tertiary/aromatic N) is 2. The number of hydrogen-bond acceptors (Lipinski definition) is 3. The van der Waals surface area contributed by atoms with Crippen molar-refractivity contribution >= 4 is 0 Å². The average Bonchev–Trinajstić information content (AvgIpc) is 2.44. The molecule has 0 spiro atoms. The Morgan fingerprint density at radius 1 is 1.46 bits per heavy atom. The summed E-state index contributed by atoms with van der Waals surface area (Å²) in [4.78, 5) is 6.87. The SMILES string of the molecule is CNCc1ccc2c(n1)CN(C)C2. The van der Waals surface area contributed by atoms with Gasteiger partial charge in [-0.05, 0) is 25.7 Å². The van der Waals surface area contributed by atoms with E-state index >= 15 is 0 Å². The quantitative estimate of drug-likeness (QED) is 0.722. The number of pyridine rings is 1. The van der Waals surface area contributed by atoms with Crippen LogP contribution in [-0.2, 0) is 19.6 Å². The molecule has 0 amide bonds. The first-order chi connectivity index (χ1) is 6.29. The van der Waals surface area contributed by atoms with Crippen molar-refractivity contribution in [2.75, 3.05) is 14.1 Å². The van der Waals surface area contributed by atoms with E-state index in [2.05, 4.69) is 34.4 Å². The minimum atomic E-state index is 0.858. The molecular formula is C10H15N3. The third kappa shape index (κ3) is 1.71. The van der Waals surface area contributed by atoms with Crippen LogP contribution in [0.5, 0.6) is 0 Å². The molecule has 2 heterocycles. The molecule has 1 aliphatic heterocycles. The minimum Gasteiger partial charge on any atom is -0.314 e. The summed E-state index contributed by atoms with van der Waals surface area (Å²) in [6, 6.07) is 4.30. The molecule has 0 aromatic carbocycles. The second kappa shape index (κ2) is 3.44. The summed E-state index contributed by atoms with van der Waals surface area (Å²) in [7, 11) is 4.07. The standard InChI is InChI=1S/C10H15N3/c1-11-5-9-4-3-8-6-13(2)7-10(8)12-9/h3-4,11H,5-7H2,1-2H3. The molecule has 0 bridgehead atoms. The molecular weight excluding hydrogens is 162 g/mol. The fraction of sp³-hybridized carbons (Fsp3) is 0.500. The van der Waals surface area contributed by atoms with Crippen LogP contribution in [0.1, 0.15) is 17.0 Å². The first-order valence-electron chi connectivity index (χ1n) is 4.60. The lowest BCUT2D eigenvalue weighted by Crippen LogP contribution is -2.09. The molecule has 70 valence electrons. The Hall–Kier alpha value is -0.930. The Bertz CT molecular complexity index is 309. The molecule has 2 rings (SSSR count). The van der Waals surface area contributed by atoms with Crippen LogP contribution in [0.15, 0.2) is 12.1 Å². The number of rotatable bonds is 2. The Morgan fingerprint density at radius 3 is 3.08 bits per heavy atom. The van der Waals surface area contributed by atoms with E-state index in [1.54, 1.807) is 0 Å². The van der Waals surface area contributed by atoms with Crippen LogP contribution in [0.25, 0.3) is 0 Å². The average molecular weight is 177 g/mol. The third-order valence-corrected chi connectivity index (χ3v) is 2.34. The maximum atomic E-state index is 4.59. The summed E-state index contributed by atoms with van der Waals surface area (Å²) in [5, 5.41) is 3.11. The highest BCUT2D eigenvalue weighted by Crippen LogP contribution is 2.19. The summed E-state index contributed by atoms with van der Waals surface area (Å²) in [5.74, 6) is 0. The molecule has 1 aromatic rings. The number of fused-ring (bicyclic) bond motifs is 1. The maximum absolute atomic E-state index is 4.59. The van der Waals surface area contributed by atoms with Gasteiger partial charge in [0, 0.05) is 19.6 Å². The van der Waals surface area contributed by atoms with E-state index in [1.165, 1.54) is 11.3 Å². The van der Waals surface area contributed by atoms with E-state index in [0.29, 0.717) is 0 Å². The van der Waals surface area contributed by atoms with Gasteiger partial charge in [0.2, 0.25) is 0 Å². The second-order valence-corrected chi connectivity index (χ2v) is 3.61. The van der Waals surface area contributed by atoms with E-state index in [9.17, 15) is 0 Å². The predicted molar refractivity (Wildman–Crippen MR) is 52.2 cm³/mol. The van der Waals surface area contributed by atoms with Crippen LogP contribution >= 0.6 is 0 Å². The van der Waals surface area contributed by atoms with Crippen LogP contribution in [0, 0.1) is 0 Å². The largest absolute Gasteiger partial charge is 0.314 e. The second-order valence-electron chi connectivity index (χ2n) is 3.61. The van der Waals surface area contributed by atoms with Crippen molar-refractivity contribution in [3.63, 3.8) is 0 Å². The molecule has 3 nitrogen and oxygen atoms in total. The fourth-order valence-electron chi connectivity index (χ4n) is 1.74. The van der Waals surface area contributed by atoms with E-state index in [0.717, 1.165) is 25.3 Å². The molecule has 0 fully saturated rings. The molecule has 1 N–H and O–H groups in total. The van der Waals surface area contributed by atoms with Crippen molar-refractivity contribution in [2.45, 2.75) is 19.6 Å². The topological polar surface area (TPSA) is 28.2 Å². The van der Waals surface area contributed by atoms with Gasteiger partial charge in [-0.3, -0.25) is 9.88 Å². The maximum Gasteiger partial charge on any atom is 0.0592 e. The van der Waals surface area contributed by atoms with Crippen molar-refractivity contribution in [2.24, 2.45) is 0 Å². The van der Waals surface area contributed by atoms with Crippen LogP contribution in [0.4, 0.5) is 0 Å². The highest BCUT2D eigenvalue weighted by Gasteiger charge is 2.16. The van der Waals surface area contributed by atoms with Crippen molar-refractivity contribution in [3.8, 4) is 0 Å². The Morgan fingerprint density at radius 2 is 2.31 bits per heavy atom. The molecule has 1 aliphatic rings. The first kappa shape index (κ1) is 8.66. The van der Waals surface area contributed by atoms with Crippen LogP contribution in [0.3, 0.4) is 0 Å². The molecule has 1 aromatic heterocycles. The predicted octanol–water partition coefficient (Wildman–Crippen LogP) is 0.746. The summed E-state index contributed by atoms with van der Waals surface area (Å²) >= 11 is 0. The van der Waals surface area contributed by atoms with Crippen molar-refractivity contribution < 1.29 is 0 Å². The van der Waals surface area contributed by atoms with Gasteiger partial charge in [-0.2, -0.15) is 0 Å². The monoisotopic (exact) mass is 177 g/mol. The first-order valence-corrected chi connectivity index (χ1v) is 4.60. The van der Waals surface area contributed by atoms with Gasteiger partial charge in [0.25, 0.3) is 0 Å². The molecule has 0 saturated heterocycles. The van der Waals surface area contributed by atoms with E-state index in [-0.39, 0.29) is 0 Å². The summed E-state index contributed by atoms with van der Waals surface area (Å²) in [6.45, 7) is 2.89. The zero-order chi connectivity index (χ0) is 9.26. The molecule has 0 saturated carbocycles.